The number of anilines is 3. The van der Waals surface area contributed by atoms with Crippen molar-refractivity contribution in [2.75, 3.05) is 41.3 Å². The molecule has 1 atom stereocenters. The Morgan fingerprint density at radius 3 is 2.59 bits per heavy atom. The Morgan fingerprint density at radius 2 is 1.79 bits per heavy atom. The first kappa shape index (κ1) is 25.1. The largest absolute Gasteiger partial charge is 0.438 e. The number of ether oxygens (including phenoxy) is 1. The molecule has 4 aromatic rings. The minimum absolute atomic E-state index is 0.296. The maximum absolute atomic E-state index is 14.5. The number of nitrogens with one attached hydrogen (secondary N) is 1. The lowest BCUT2D eigenvalue weighted by molar-refractivity contribution is 0.102. The number of rotatable bonds is 6. The predicted octanol–water partition coefficient (Wildman–Crippen LogP) is 6.65. The van der Waals surface area contributed by atoms with Crippen LogP contribution in [0.5, 0.6) is 11.6 Å². The minimum Gasteiger partial charge on any atom is -0.438 e. The molecule has 0 saturated carbocycles. The molecular weight excluding hydrogens is 493 g/mol. The molecule has 2 aliphatic rings. The van der Waals surface area contributed by atoms with E-state index in [-0.39, 0.29) is 5.91 Å². The molecule has 0 spiro atoms. The fraction of sp³-hybridized carbons (Fsp3) is 0.323. The molecule has 200 valence electrons. The molecule has 1 unspecified atom stereocenters. The summed E-state index contributed by atoms with van der Waals surface area (Å²) in [7, 11) is 0. The second-order valence-electron chi connectivity index (χ2n) is 10.5. The SMILES string of the molecule is CC1CCN(c2nccc(Oc3ccc(NC(=O)c4cc(F)cc(N5CCCCC5)c4)c4ccccc34)n2)C1. The van der Waals surface area contributed by atoms with Crippen molar-refractivity contribution in [2.45, 2.75) is 32.6 Å². The highest BCUT2D eigenvalue weighted by Gasteiger charge is 2.22. The van der Waals surface area contributed by atoms with Crippen molar-refractivity contribution < 1.29 is 13.9 Å². The summed E-state index contributed by atoms with van der Waals surface area (Å²) in [4.78, 5) is 26.7. The van der Waals surface area contributed by atoms with Crippen LogP contribution in [0.3, 0.4) is 0 Å². The van der Waals surface area contributed by atoms with Gasteiger partial charge in [-0.15, -0.1) is 0 Å². The third-order valence-corrected chi connectivity index (χ3v) is 7.54. The summed E-state index contributed by atoms with van der Waals surface area (Å²) in [5, 5.41) is 4.64. The molecule has 7 nitrogen and oxygen atoms in total. The third kappa shape index (κ3) is 5.50. The summed E-state index contributed by atoms with van der Waals surface area (Å²) in [6.07, 6.45) is 6.18. The Hall–Kier alpha value is -4.20. The van der Waals surface area contributed by atoms with Gasteiger partial charge in [0.2, 0.25) is 11.8 Å². The van der Waals surface area contributed by atoms with Crippen molar-refractivity contribution in [1.82, 2.24) is 9.97 Å². The maximum atomic E-state index is 14.5. The van der Waals surface area contributed by atoms with Gasteiger partial charge in [0, 0.05) is 66.2 Å². The molecular formula is C31H32FN5O2. The monoisotopic (exact) mass is 525 g/mol. The van der Waals surface area contributed by atoms with Crippen molar-refractivity contribution >= 4 is 34.0 Å². The predicted molar refractivity (Wildman–Crippen MR) is 152 cm³/mol. The van der Waals surface area contributed by atoms with Crippen LogP contribution >= 0.6 is 0 Å². The van der Waals surface area contributed by atoms with Crippen LogP contribution < -0.4 is 19.9 Å². The van der Waals surface area contributed by atoms with Crippen molar-refractivity contribution in [3.63, 3.8) is 0 Å². The number of fused-ring (bicyclic) bond motifs is 1. The van der Waals surface area contributed by atoms with Crippen LogP contribution in [0.15, 0.2) is 66.9 Å². The fourth-order valence-electron chi connectivity index (χ4n) is 5.47. The van der Waals surface area contributed by atoms with Crippen LogP contribution in [0.25, 0.3) is 10.8 Å². The molecule has 2 fully saturated rings. The zero-order valence-corrected chi connectivity index (χ0v) is 22.1. The lowest BCUT2D eigenvalue weighted by Crippen LogP contribution is -2.29. The topological polar surface area (TPSA) is 70.6 Å². The van der Waals surface area contributed by atoms with Crippen molar-refractivity contribution in [1.29, 1.82) is 0 Å². The third-order valence-electron chi connectivity index (χ3n) is 7.54. The number of nitrogens with zero attached hydrogens (tertiary/aromatic N) is 4. The van der Waals surface area contributed by atoms with Crippen LogP contribution in [0.1, 0.15) is 43.0 Å². The summed E-state index contributed by atoms with van der Waals surface area (Å²) in [5.41, 5.74) is 1.67. The van der Waals surface area contributed by atoms with E-state index in [0.717, 1.165) is 61.9 Å². The lowest BCUT2D eigenvalue weighted by Gasteiger charge is -2.29. The van der Waals surface area contributed by atoms with Crippen LogP contribution in [0, 0.1) is 11.7 Å². The summed E-state index contributed by atoms with van der Waals surface area (Å²) >= 11 is 0. The normalized spacial score (nSPS) is 17.4. The molecule has 6 rings (SSSR count). The van der Waals surface area contributed by atoms with Gasteiger partial charge in [-0.05, 0) is 61.9 Å². The number of carbonyl (C=O) groups is 1. The number of amides is 1. The summed E-state index contributed by atoms with van der Waals surface area (Å²) < 4.78 is 20.7. The van der Waals surface area contributed by atoms with Crippen molar-refractivity contribution in [2.24, 2.45) is 5.92 Å². The Labute approximate surface area is 227 Å². The first-order valence-electron chi connectivity index (χ1n) is 13.7. The van der Waals surface area contributed by atoms with Crippen LogP contribution in [0.2, 0.25) is 0 Å². The molecule has 1 aromatic heterocycles. The van der Waals surface area contributed by atoms with Crippen LogP contribution in [-0.2, 0) is 0 Å². The fourth-order valence-corrected chi connectivity index (χ4v) is 5.47. The molecule has 3 aromatic carbocycles. The minimum atomic E-state index is -0.413. The van der Waals surface area contributed by atoms with E-state index in [1.165, 1.54) is 18.6 Å². The summed E-state index contributed by atoms with van der Waals surface area (Å²) in [5.74, 6) is 1.61. The van der Waals surface area contributed by atoms with E-state index in [2.05, 4.69) is 32.0 Å². The lowest BCUT2D eigenvalue weighted by atomic mass is 10.1. The zero-order valence-electron chi connectivity index (χ0n) is 22.1. The van der Waals surface area contributed by atoms with Crippen molar-refractivity contribution in [3.05, 3.63) is 78.2 Å². The second-order valence-corrected chi connectivity index (χ2v) is 10.5. The quantitative estimate of drug-likeness (QED) is 0.304. The number of carbonyl (C=O) groups excluding carboxylic acids is 1. The molecule has 0 radical (unpaired) electrons. The highest BCUT2D eigenvalue weighted by molar-refractivity contribution is 6.10. The van der Waals surface area contributed by atoms with E-state index in [9.17, 15) is 9.18 Å². The van der Waals surface area contributed by atoms with E-state index < -0.39 is 5.82 Å². The Bertz CT molecular complexity index is 1500. The summed E-state index contributed by atoms with van der Waals surface area (Å²) in [6.45, 7) is 5.86. The number of benzene rings is 3. The van der Waals surface area contributed by atoms with Gasteiger partial charge in [-0.1, -0.05) is 31.2 Å². The van der Waals surface area contributed by atoms with Crippen LogP contribution in [-0.4, -0.2) is 42.1 Å². The van der Waals surface area contributed by atoms with E-state index >= 15 is 0 Å². The molecule has 0 bridgehead atoms. The van der Waals surface area contributed by atoms with E-state index in [1.54, 1.807) is 18.3 Å². The molecule has 1 amide bonds. The van der Waals surface area contributed by atoms with Gasteiger partial charge in [0.1, 0.15) is 11.6 Å². The van der Waals surface area contributed by atoms with Gasteiger partial charge in [0.15, 0.2) is 0 Å². The zero-order chi connectivity index (χ0) is 26.8. The van der Waals surface area contributed by atoms with Crippen LogP contribution in [0.4, 0.5) is 21.7 Å². The van der Waals surface area contributed by atoms with Gasteiger partial charge in [-0.2, -0.15) is 4.98 Å². The molecule has 39 heavy (non-hydrogen) atoms. The number of hydrogen-bond donors (Lipinski definition) is 1. The highest BCUT2D eigenvalue weighted by Crippen LogP contribution is 2.35. The van der Waals surface area contributed by atoms with Gasteiger partial charge in [0.25, 0.3) is 5.91 Å². The Kier molecular flexibility index (Phi) is 7.00. The summed E-state index contributed by atoms with van der Waals surface area (Å²) in [6, 6.07) is 17.7. The molecule has 1 N–H and O–H groups in total. The average Bonchev–Trinajstić information content (AvgIpc) is 3.41. The molecule has 0 aliphatic carbocycles. The number of piperidine rings is 1. The number of aromatic nitrogens is 2. The Balaban J connectivity index is 1.25. The first-order chi connectivity index (χ1) is 19.0. The standard InChI is InChI=1S/C31H32FN5O2/c1-21-12-16-37(20-21)31-33-13-11-29(35-31)39-28-10-9-27(25-7-3-4-8-26(25)28)34-30(38)22-17-23(32)19-24(18-22)36-14-5-2-6-15-36/h3-4,7-11,13,17-19,21H,2,5-6,12,14-16,20H2,1H3,(H,34,38). The molecule has 3 heterocycles. The van der Waals surface area contributed by atoms with Gasteiger partial charge >= 0.3 is 0 Å². The van der Waals surface area contributed by atoms with Gasteiger partial charge in [0.05, 0.1) is 0 Å². The van der Waals surface area contributed by atoms with E-state index in [4.69, 9.17) is 4.74 Å². The maximum Gasteiger partial charge on any atom is 0.255 e. The number of hydrogen-bond acceptors (Lipinski definition) is 6. The average molecular weight is 526 g/mol. The van der Waals surface area contributed by atoms with E-state index in [1.807, 2.05) is 36.4 Å². The van der Waals surface area contributed by atoms with Gasteiger partial charge in [-0.3, -0.25) is 4.79 Å². The molecule has 2 aliphatic heterocycles. The van der Waals surface area contributed by atoms with Gasteiger partial charge < -0.3 is 19.9 Å². The Morgan fingerprint density at radius 1 is 0.974 bits per heavy atom. The molecule has 8 heteroatoms. The molecule has 2 saturated heterocycles. The smallest absolute Gasteiger partial charge is 0.255 e. The first-order valence-corrected chi connectivity index (χ1v) is 13.7. The second kappa shape index (κ2) is 10.9. The highest BCUT2D eigenvalue weighted by atomic mass is 19.1. The van der Waals surface area contributed by atoms with E-state index in [0.29, 0.717) is 34.7 Å². The van der Waals surface area contributed by atoms with Crippen molar-refractivity contribution in [3.8, 4) is 11.6 Å². The number of halogens is 1. The van der Waals surface area contributed by atoms with Gasteiger partial charge in [-0.25, -0.2) is 9.37 Å².